The number of fused-ring (bicyclic) bond motifs is 1. The number of oxazole rings is 1. The number of rotatable bonds is 8. The average Bonchev–Trinajstić information content (AvgIpc) is 3.14. The number of hydrogen-bond donors (Lipinski definition) is 0. The molecule has 0 radical (unpaired) electrons. The van der Waals surface area contributed by atoms with Crippen molar-refractivity contribution >= 4 is 27.0 Å². The van der Waals surface area contributed by atoms with E-state index < -0.39 is 15.8 Å². The summed E-state index contributed by atoms with van der Waals surface area (Å²) in [4.78, 5) is 26.6. The largest absolute Gasteiger partial charge is 0.419 e. The highest BCUT2D eigenvalue weighted by atomic mass is 32.2. The van der Waals surface area contributed by atoms with E-state index in [2.05, 4.69) is 0 Å². The minimum absolute atomic E-state index is 0.0715. The molecule has 0 bridgehead atoms. The van der Waals surface area contributed by atoms with Crippen LogP contribution in [0.4, 0.5) is 0 Å². The second-order valence-electron chi connectivity index (χ2n) is 8.94. The van der Waals surface area contributed by atoms with E-state index in [-0.39, 0.29) is 22.3 Å². The first-order valence-corrected chi connectivity index (χ1v) is 13.1. The zero-order valence-electron chi connectivity index (χ0n) is 19.6. The van der Waals surface area contributed by atoms with E-state index in [1.165, 1.54) is 21.0 Å². The highest BCUT2D eigenvalue weighted by molar-refractivity contribution is 7.89. The smallest absolute Gasteiger partial charge is 0.408 e. The lowest BCUT2D eigenvalue weighted by atomic mass is 9.94. The minimum Gasteiger partial charge on any atom is -0.408 e. The number of aromatic nitrogens is 1. The third-order valence-corrected chi connectivity index (χ3v) is 8.34. The summed E-state index contributed by atoms with van der Waals surface area (Å²) in [7, 11) is -1.91. The molecule has 0 saturated carbocycles. The Morgan fingerprint density at radius 2 is 1.82 bits per heavy atom. The molecule has 0 atom stereocenters. The zero-order valence-corrected chi connectivity index (χ0v) is 20.5. The van der Waals surface area contributed by atoms with Gasteiger partial charge in [0.25, 0.3) is 0 Å². The molecule has 8 nitrogen and oxygen atoms in total. The molecule has 1 amide bonds. The fourth-order valence-corrected chi connectivity index (χ4v) is 5.98. The van der Waals surface area contributed by atoms with Crippen LogP contribution >= 0.6 is 0 Å². The Morgan fingerprint density at radius 3 is 2.50 bits per heavy atom. The fraction of sp³-hybridized carbons (Fsp3) is 0.440. The van der Waals surface area contributed by atoms with Gasteiger partial charge in [-0.15, -0.1) is 0 Å². The molecule has 2 aromatic carbocycles. The van der Waals surface area contributed by atoms with Crippen molar-refractivity contribution in [3.05, 3.63) is 64.6 Å². The summed E-state index contributed by atoms with van der Waals surface area (Å²) in [5.74, 6) is -0.253. The van der Waals surface area contributed by atoms with Crippen molar-refractivity contribution in [2.24, 2.45) is 5.92 Å². The summed E-state index contributed by atoms with van der Waals surface area (Å²) in [6.45, 7) is 3.77. The Kier molecular flexibility index (Phi) is 7.23. The number of carbonyl (C=O) groups is 1. The molecule has 1 saturated heterocycles. The molecular formula is C25H31N3O5S. The Morgan fingerprint density at radius 1 is 1.12 bits per heavy atom. The number of benzene rings is 2. The molecule has 0 aliphatic carbocycles. The van der Waals surface area contributed by atoms with Crippen LogP contribution in [0.15, 0.2) is 62.6 Å². The van der Waals surface area contributed by atoms with Crippen molar-refractivity contribution in [3.8, 4) is 0 Å². The van der Waals surface area contributed by atoms with E-state index in [4.69, 9.17) is 4.42 Å². The van der Waals surface area contributed by atoms with E-state index in [9.17, 15) is 18.0 Å². The second kappa shape index (κ2) is 10.1. The Bertz CT molecular complexity index is 1310. The van der Waals surface area contributed by atoms with E-state index in [0.717, 1.165) is 12.0 Å². The van der Waals surface area contributed by atoms with Gasteiger partial charge >= 0.3 is 5.76 Å². The summed E-state index contributed by atoms with van der Waals surface area (Å²) >= 11 is 0. The van der Waals surface area contributed by atoms with Crippen LogP contribution in [-0.4, -0.2) is 48.2 Å². The van der Waals surface area contributed by atoms with Crippen molar-refractivity contribution < 1.29 is 17.6 Å². The van der Waals surface area contributed by atoms with Crippen molar-refractivity contribution in [2.75, 3.05) is 20.1 Å². The van der Waals surface area contributed by atoms with E-state index in [0.29, 0.717) is 51.0 Å². The third-order valence-electron chi connectivity index (χ3n) is 6.45. The van der Waals surface area contributed by atoms with Crippen LogP contribution in [0.2, 0.25) is 0 Å². The monoisotopic (exact) mass is 485 g/mol. The molecule has 4 rings (SSSR count). The molecule has 1 fully saturated rings. The summed E-state index contributed by atoms with van der Waals surface area (Å²) in [6.07, 6.45) is 2.45. The van der Waals surface area contributed by atoms with Gasteiger partial charge in [-0.25, -0.2) is 13.2 Å². The molecule has 1 aliphatic rings. The van der Waals surface area contributed by atoms with Gasteiger partial charge in [-0.05, 0) is 42.9 Å². The molecule has 0 spiro atoms. The first kappa shape index (κ1) is 24.2. The number of amides is 1. The lowest BCUT2D eigenvalue weighted by Gasteiger charge is -2.31. The first-order valence-electron chi connectivity index (χ1n) is 11.7. The predicted octanol–water partition coefficient (Wildman–Crippen LogP) is 3.45. The highest BCUT2D eigenvalue weighted by Gasteiger charge is 2.31. The van der Waals surface area contributed by atoms with Crippen LogP contribution in [-0.2, 0) is 27.9 Å². The van der Waals surface area contributed by atoms with E-state index in [1.807, 2.05) is 37.3 Å². The van der Waals surface area contributed by atoms with Crippen LogP contribution < -0.4 is 5.76 Å². The second-order valence-corrected chi connectivity index (χ2v) is 10.9. The summed E-state index contributed by atoms with van der Waals surface area (Å²) in [6, 6.07) is 14.5. The van der Waals surface area contributed by atoms with Gasteiger partial charge in [0.2, 0.25) is 15.9 Å². The zero-order chi connectivity index (χ0) is 24.3. The molecule has 1 aromatic heterocycles. The number of carbonyl (C=O) groups excluding carboxylic acids is 1. The Balaban J connectivity index is 1.37. The Labute approximate surface area is 199 Å². The van der Waals surface area contributed by atoms with Gasteiger partial charge < -0.3 is 9.32 Å². The van der Waals surface area contributed by atoms with E-state index in [1.54, 1.807) is 18.0 Å². The van der Waals surface area contributed by atoms with Gasteiger partial charge in [0.1, 0.15) is 0 Å². The molecular weight excluding hydrogens is 454 g/mol. The van der Waals surface area contributed by atoms with Crippen LogP contribution in [0, 0.1) is 5.92 Å². The number of hydrogen-bond acceptors (Lipinski definition) is 5. The molecule has 2 heterocycles. The van der Waals surface area contributed by atoms with E-state index >= 15 is 0 Å². The Hall–Kier alpha value is -2.91. The number of aryl methyl sites for hydroxylation is 1. The van der Waals surface area contributed by atoms with Crippen molar-refractivity contribution in [1.29, 1.82) is 0 Å². The lowest BCUT2D eigenvalue weighted by Crippen LogP contribution is -2.39. The SMILES string of the molecule is CCCn1c(=O)oc2cc(S(=O)(=O)N3CCC(CC(=O)N(C)Cc4ccccc4)CC3)ccc21. The summed E-state index contributed by atoms with van der Waals surface area (Å²) < 4.78 is 34.7. The van der Waals surface area contributed by atoms with Gasteiger partial charge in [0.05, 0.1) is 10.4 Å². The van der Waals surface area contributed by atoms with Crippen molar-refractivity contribution in [1.82, 2.24) is 13.8 Å². The van der Waals surface area contributed by atoms with Gasteiger partial charge in [-0.3, -0.25) is 9.36 Å². The fourth-order valence-electron chi connectivity index (χ4n) is 4.49. The number of piperidine rings is 1. The molecule has 0 unspecified atom stereocenters. The number of sulfonamides is 1. The maximum Gasteiger partial charge on any atom is 0.419 e. The normalized spacial score (nSPS) is 15.6. The maximum absolute atomic E-state index is 13.2. The lowest BCUT2D eigenvalue weighted by molar-refractivity contribution is -0.131. The third kappa shape index (κ3) is 5.10. The summed E-state index contributed by atoms with van der Waals surface area (Å²) in [5.41, 5.74) is 1.96. The molecule has 182 valence electrons. The van der Waals surface area contributed by atoms with Crippen LogP contribution in [0.3, 0.4) is 0 Å². The average molecular weight is 486 g/mol. The minimum atomic E-state index is -3.71. The number of nitrogens with zero attached hydrogens (tertiary/aromatic N) is 3. The first-order chi connectivity index (χ1) is 16.3. The molecule has 3 aromatic rings. The highest BCUT2D eigenvalue weighted by Crippen LogP contribution is 2.28. The van der Waals surface area contributed by atoms with Gasteiger partial charge in [-0.1, -0.05) is 37.3 Å². The summed E-state index contributed by atoms with van der Waals surface area (Å²) in [5, 5.41) is 0. The van der Waals surface area contributed by atoms with Crippen LogP contribution in [0.1, 0.15) is 38.2 Å². The van der Waals surface area contributed by atoms with Gasteiger partial charge in [0, 0.05) is 45.7 Å². The van der Waals surface area contributed by atoms with Crippen molar-refractivity contribution in [2.45, 2.75) is 50.6 Å². The van der Waals surface area contributed by atoms with Gasteiger partial charge in [0.15, 0.2) is 5.58 Å². The molecule has 1 aliphatic heterocycles. The predicted molar refractivity (Wildman–Crippen MR) is 130 cm³/mol. The van der Waals surface area contributed by atoms with Gasteiger partial charge in [-0.2, -0.15) is 4.31 Å². The topological polar surface area (TPSA) is 92.8 Å². The quantitative estimate of drug-likeness (QED) is 0.487. The van der Waals surface area contributed by atoms with Crippen LogP contribution in [0.5, 0.6) is 0 Å². The maximum atomic E-state index is 13.2. The standard InChI is InChI=1S/C25H31N3O5S/c1-3-13-28-22-10-9-21(17-23(22)33-25(28)30)34(31,32)27-14-11-19(12-15-27)16-24(29)26(2)18-20-7-5-4-6-8-20/h4-10,17,19H,3,11-16,18H2,1-2H3. The van der Waals surface area contributed by atoms with Crippen LogP contribution in [0.25, 0.3) is 11.1 Å². The molecule has 0 N–H and O–H groups in total. The molecule has 34 heavy (non-hydrogen) atoms. The molecule has 9 heteroatoms. The van der Waals surface area contributed by atoms with Crippen molar-refractivity contribution in [3.63, 3.8) is 0 Å².